The predicted octanol–water partition coefficient (Wildman–Crippen LogP) is 0.476. The van der Waals surface area contributed by atoms with Crippen LogP contribution in [-0.2, 0) is 6.54 Å². The second-order valence-electron chi connectivity index (χ2n) is 4.10. The SMILES string of the molecule is Cc1cc[n+](CC(=O)c2ccc(Cl)cc2Cl)cc1.[Cl-]. The number of Topliss-reactive ketones (excluding diaryl/α,β-unsaturated/α-hetero) is 1. The molecular formula is C14H12Cl3NO. The molecule has 100 valence electrons. The number of rotatable bonds is 3. The van der Waals surface area contributed by atoms with E-state index in [1.165, 1.54) is 0 Å². The first-order valence-corrected chi connectivity index (χ1v) is 6.26. The van der Waals surface area contributed by atoms with E-state index in [1.807, 2.05) is 36.0 Å². The number of nitrogens with zero attached hydrogens (tertiary/aromatic N) is 1. The Morgan fingerprint density at radius 3 is 2.37 bits per heavy atom. The number of benzene rings is 1. The third-order valence-corrected chi connectivity index (χ3v) is 3.16. The Labute approximate surface area is 128 Å². The van der Waals surface area contributed by atoms with Crippen molar-refractivity contribution in [1.82, 2.24) is 0 Å². The van der Waals surface area contributed by atoms with Gasteiger partial charge < -0.3 is 12.4 Å². The van der Waals surface area contributed by atoms with Crippen molar-refractivity contribution in [1.29, 1.82) is 0 Å². The fourth-order valence-corrected chi connectivity index (χ4v) is 2.12. The van der Waals surface area contributed by atoms with Crippen LogP contribution in [0, 0.1) is 6.92 Å². The van der Waals surface area contributed by atoms with Crippen LogP contribution in [0.2, 0.25) is 10.0 Å². The van der Waals surface area contributed by atoms with E-state index in [-0.39, 0.29) is 24.7 Å². The Bertz CT molecular complexity index is 582. The van der Waals surface area contributed by atoms with Crippen LogP contribution in [0.4, 0.5) is 0 Å². The summed E-state index contributed by atoms with van der Waals surface area (Å²) < 4.78 is 1.82. The van der Waals surface area contributed by atoms with Gasteiger partial charge in [0.1, 0.15) is 0 Å². The molecule has 0 fully saturated rings. The molecule has 0 atom stereocenters. The first kappa shape index (κ1) is 16.0. The highest BCUT2D eigenvalue weighted by atomic mass is 35.5. The number of aromatic nitrogens is 1. The minimum absolute atomic E-state index is 0. The van der Waals surface area contributed by atoms with Gasteiger partial charge in [0, 0.05) is 22.7 Å². The fraction of sp³-hybridized carbons (Fsp3) is 0.143. The van der Waals surface area contributed by atoms with Gasteiger partial charge in [0.15, 0.2) is 12.4 Å². The van der Waals surface area contributed by atoms with Crippen LogP contribution in [0.25, 0.3) is 0 Å². The maximum absolute atomic E-state index is 12.1. The molecule has 0 saturated carbocycles. The Morgan fingerprint density at radius 1 is 1.16 bits per heavy atom. The second kappa shape index (κ2) is 6.90. The average molecular weight is 317 g/mol. The van der Waals surface area contributed by atoms with Gasteiger partial charge in [0.2, 0.25) is 12.3 Å². The van der Waals surface area contributed by atoms with Gasteiger partial charge in [-0.25, -0.2) is 0 Å². The van der Waals surface area contributed by atoms with Crippen LogP contribution in [0.15, 0.2) is 42.7 Å². The van der Waals surface area contributed by atoms with Gasteiger partial charge in [-0.15, -0.1) is 0 Å². The van der Waals surface area contributed by atoms with E-state index in [1.54, 1.807) is 18.2 Å². The molecule has 1 aromatic carbocycles. The van der Waals surface area contributed by atoms with Gasteiger partial charge in [-0.1, -0.05) is 23.2 Å². The van der Waals surface area contributed by atoms with Crippen molar-refractivity contribution in [3.63, 3.8) is 0 Å². The van der Waals surface area contributed by atoms with E-state index in [9.17, 15) is 4.79 Å². The van der Waals surface area contributed by atoms with E-state index in [0.29, 0.717) is 15.6 Å². The lowest BCUT2D eigenvalue weighted by Crippen LogP contribution is -3.00. The molecular weight excluding hydrogens is 305 g/mol. The molecule has 0 radical (unpaired) electrons. The normalized spacial score (nSPS) is 9.84. The van der Waals surface area contributed by atoms with Crippen LogP contribution in [0.5, 0.6) is 0 Å². The molecule has 2 aromatic rings. The Kier molecular flexibility index (Phi) is 5.80. The molecule has 1 aromatic heterocycles. The Balaban J connectivity index is 0.00000180. The first-order chi connectivity index (χ1) is 8.56. The maximum Gasteiger partial charge on any atom is 0.229 e. The second-order valence-corrected chi connectivity index (χ2v) is 4.94. The highest BCUT2D eigenvalue weighted by Gasteiger charge is 2.15. The molecule has 0 aliphatic carbocycles. The number of pyridine rings is 1. The molecule has 0 N–H and O–H groups in total. The van der Waals surface area contributed by atoms with Gasteiger partial charge in [0.25, 0.3) is 0 Å². The zero-order valence-electron chi connectivity index (χ0n) is 10.2. The lowest BCUT2D eigenvalue weighted by Gasteiger charge is -2.02. The van der Waals surface area contributed by atoms with Crippen LogP contribution in [0.1, 0.15) is 15.9 Å². The molecule has 1 heterocycles. The largest absolute Gasteiger partial charge is 1.00 e. The minimum Gasteiger partial charge on any atom is -1.00 e. The molecule has 0 aliphatic heterocycles. The van der Waals surface area contributed by atoms with E-state index in [4.69, 9.17) is 23.2 Å². The van der Waals surface area contributed by atoms with E-state index < -0.39 is 0 Å². The molecule has 0 spiro atoms. The molecule has 0 amide bonds. The summed E-state index contributed by atoms with van der Waals surface area (Å²) in [5.41, 5.74) is 1.65. The van der Waals surface area contributed by atoms with Crippen molar-refractivity contribution < 1.29 is 21.8 Å². The minimum atomic E-state index is -0.0366. The zero-order chi connectivity index (χ0) is 13.1. The summed E-state index contributed by atoms with van der Waals surface area (Å²) in [5.74, 6) is -0.0366. The predicted molar refractivity (Wildman–Crippen MR) is 72.2 cm³/mol. The topological polar surface area (TPSA) is 20.9 Å². The van der Waals surface area contributed by atoms with Gasteiger partial charge in [-0.3, -0.25) is 4.79 Å². The lowest BCUT2D eigenvalue weighted by atomic mass is 10.1. The number of carbonyl (C=O) groups is 1. The van der Waals surface area contributed by atoms with E-state index in [2.05, 4.69) is 0 Å². The number of hydrogen-bond donors (Lipinski definition) is 0. The van der Waals surface area contributed by atoms with Crippen molar-refractivity contribution in [3.05, 3.63) is 63.9 Å². The van der Waals surface area contributed by atoms with Crippen molar-refractivity contribution in [2.75, 3.05) is 0 Å². The van der Waals surface area contributed by atoms with Crippen molar-refractivity contribution in [3.8, 4) is 0 Å². The summed E-state index contributed by atoms with van der Waals surface area (Å²) in [5, 5.41) is 0.916. The maximum atomic E-state index is 12.1. The number of halogens is 3. The number of hydrogen-bond acceptors (Lipinski definition) is 1. The smallest absolute Gasteiger partial charge is 0.229 e. The van der Waals surface area contributed by atoms with Gasteiger partial charge in [0.05, 0.1) is 5.02 Å². The molecule has 0 unspecified atom stereocenters. The summed E-state index contributed by atoms with van der Waals surface area (Å²) in [6, 6.07) is 8.81. The van der Waals surface area contributed by atoms with E-state index >= 15 is 0 Å². The summed E-state index contributed by atoms with van der Waals surface area (Å²) in [4.78, 5) is 12.1. The zero-order valence-corrected chi connectivity index (χ0v) is 12.5. The fourth-order valence-electron chi connectivity index (χ4n) is 1.60. The third kappa shape index (κ3) is 4.20. The monoisotopic (exact) mass is 315 g/mol. The summed E-state index contributed by atoms with van der Waals surface area (Å²) in [6.45, 7) is 2.27. The Hall–Kier alpha value is -1.09. The molecule has 0 aliphatic rings. The van der Waals surface area contributed by atoms with Crippen LogP contribution >= 0.6 is 23.2 Å². The van der Waals surface area contributed by atoms with Gasteiger partial charge >= 0.3 is 0 Å². The van der Waals surface area contributed by atoms with Crippen molar-refractivity contribution in [2.24, 2.45) is 0 Å². The van der Waals surface area contributed by atoms with Crippen LogP contribution < -0.4 is 17.0 Å². The van der Waals surface area contributed by atoms with Crippen LogP contribution in [-0.4, -0.2) is 5.78 Å². The molecule has 2 rings (SSSR count). The van der Waals surface area contributed by atoms with Crippen LogP contribution in [0.3, 0.4) is 0 Å². The molecule has 2 nitrogen and oxygen atoms in total. The molecule has 0 saturated heterocycles. The summed E-state index contributed by atoms with van der Waals surface area (Å²) in [6.07, 6.45) is 3.74. The quantitative estimate of drug-likeness (QED) is 0.596. The Morgan fingerprint density at radius 2 is 1.79 bits per heavy atom. The van der Waals surface area contributed by atoms with E-state index in [0.717, 1.165) is 5.56 Å². The van der Waals surface area contributed by atoms with Gasteiger partial charge in [-0.05, 0) is 30.7 Å². The number of ketones is 1. The highest BCUT2D eigenvalue weighted by Crippen LogP contribution is 2.21. The molecule has 0 bridgehead atoms. The standard InChI is InChI=1S/C14H12Cl2NO.ClH/c1-10-4-6-17(7-5-10)9-14(18)12-3-2-11(15)8-13(12)16;/h2-8H,9H2,1H3;1H/q+1;/p-1. The summed E-state index contributed by atoms with van der Waals surface area (Å²) >= 11 is 11.8. The van der Waals surface area contributed by atoms with Crippen molar-refractivity contribution >= 4 is 29.0 Å². The lowest BCUT2D eigenvalue weighted by molar-refractivity contribution is -0.683. The first-order valence-electron chi connectivity index (χ1n) is 5.50. The van der Waals surface area contributed by atoms with Gasteiger partial charge in [-0.2, -0.15) is 4.57 Å². The highest BCUT2D eigenvalue weighted by molar-refractivity contribution is 6.36. The number of carbonyl (C=O) groups excluding carboxylic acids is 1. The summed E-state index contributed by atoms with van der Waals surface area (Å²) in [7, 11) is 0. The molecule has 5 heteroatoms. The third-order valence-electron chi connectivity index (χ3n) is 2.62. The average Bonchev–Trinajstić information content (AvgIpc) is 2.32. The van der Waals surface area contributed by atoms with Crippen molar-refractivity contribution in [2.45, 2.75) is 13.5 Å². The number of aryl methyl sites for hydroxylation is 1. The molecule has 19 heavy (non-hydrogen) atoms.